The van der Waals surface area contributed by atoms with Gasteiger partial charge >= 0.3 is 0 Å². The zero-order valence-electron chi connectivity index (χ0n) is 9.18. The van der Waals surface area contributed by atoms with E-state index >= 15 is 0 Å². The first kappa shape index (κ1) is 10.8. The maximum atomic E-state index is 8.59. The van der Waals surface area contributed by atoms with E-state index in [-0.39, 0.29) is 5.69 Å². The van der Waals surface area contributed by atoms with Crippen molar-refractivity contribution in [2.75, 3.05) is 17.7 Å². The molecular formula is C11H10N6. The van der Waals surface area contributed by atoms with Crippen molar-refractivity contribution in [3.05, 3.63) is 36.4 Å². The number of hydrogen-bond acceptors (Lipinski definition) is 6. The van der Waals surface area contributed by atoms with Crippen molar-refractivity contribution in [1.29, 1.82) is 5.26 Å². The molecule has 2 N–H and O–H groups in total. The first-order chi connectivity index (χ1) is 8.31. The van der Waals surface area contributed by atoms with Gasteiger partial charge in [0, 0.05) is 25.0 Å². The lowest BCUT2D eigenvalue weighted by molar-refractivity contribution is 1.15. The van der Waals surface area contributed by atoms with Crippen molar-refractivity contribution >= 4 is 17.3 Å². The van der Waals surface area contributed by atoms with E-state index in [9.17, 15) is 0 Å². The number of pyridine rings is 1. The van der Waals surface area contributed by atoms with E-state index in [0.717, 1.165) is 5.69 Å². The molecule has 0 saturated heterocycles. The molecule has 0 unspecified atom stereocenters. The third kappa shape index (κ3) is 2.66. The predicted octanol–water partition coefficient (Wildman–Crippen LogP) is 1.53. The van der Waals surface area contributed by atoms with Gasteiger partial charge < -0.3 is 10.6 Å². The van der Waals surface area contributed by atoms with Crippen LogP contribution in [0.5, 0.6) is 0 Å². The third-order valence-electron chi connectivity index (χ3n) is 2.07. The molecule has 2 aromatic heterocycles. The lowest BCUT2D eigenvalue weighted by Crippen LogP contribution is -1.98. The zero-order chi connectivity index (χ0) is 12.1. The molecular weight excluding hydrogens is 216 g/mol. The Balaban J connectivity index is 2.16. The largest absolute Gasteiger partial charge is 0.388 e. The smallest absolute Gasteiger partial charge is 0.158 e. The number of nitriles is 1. The Kier molecular flexibility index (Phi) is 3.12. The van der Waals surface area contributed by atoms with Crippen molar-refractivity contribution in [2.24, 2.45) is 0 Å². The van der Waals surface area contributed by atoms with Gasteiger partial charge in [-0.05, 0) is 6.07 Å². The van der Waals surface area contributed by atoms with Gasteiger partial charge in [0.1, 0.15) is 17.7 Å². The van der Waals surface area contributed by atoms with Gasteiger partial charge in [-0.15, -0.1) is 0 Å². The maximum Gasteiger partial charge on any atom is 0.158 e. The molecule has 0 atom stereocenters. The minimum atomic E-state index is 0.285. The maximum absolute atomic E-state index is 8.59. The lowest BCUT2D eigenvalue weighted by atomic mass is 10.4. The summed E-state index contributed by atoms with van der Waals surface area (Å²) in [6, 6.07) is 5.61. The number of aromatic nitrogens is 3. The summed E-state index contributed by atoms with van der Waals surface area (Å²) in [5, 5.41) is 14.6. The molecule has 0 saturated carbocycles. The van der Waals surface area contributed by atoms with Crippen molar-refractivity contribution in [2.45, 2.75) is 0 Å². The van der Waals surface area contributed by atoms with E-state index in [0.29, 0.717) is 11.6 Å². The van der Waals surface area contributed by atoms with Crippen LogP contribution in [-0.2, 0) is 0 Å². The second-order valence-electron chi connectivity index (χ2n) is 3.20. The van der Waals surface area contributed by atoms with E-state index in [2.05, 4.69) is 25.6 Å². The minimum absolute atomic E-state index is 0.285. The molecule has 0 fully saturated rings. The molecule has 0 aliphatic carbocycles. The summed E-state index contributed by atoms with van der Waals surface area (Å²) in [6.07, 6.45) is 4.59. The average molecular weight is 226 g/mol. The van der Waals surface area contributed by atoms with Crippen molar-refractivity contribution < 1.29 is 0 Å². The highest BCUT2D eigenvalue weighted by molar-refractivity contribution is 5.57. The van der Waals surface area contributed by atoms with Crippen LogP contribution in [0.25, 0.3) is 0 Å². The predicted molar refractivity (Wildman–Crippen MR) is 63.8 cm³/mol. The first-order valence-electron chi connectivity index (χ1n) is 4.95. The van der Waals surface area contributed by atoms with Crippen molar-refractivity contribution in [3.63, 3.8) is 0 Å². The molecule has 0 amide bonds. The molecule has 84 valence electrons. The van der Waals surface area contributed by atoms with Gasteiger partial charge in [0.15, 0.2) is 5.69 Å². The second-order valence-corrected chi connectivity index (χ2v) is 3.20. The van der Waals surface area contributed by atoms with Gasteiger partial charge in [-0.3, -0.25) is 0 Å². The summed E-state index contributed by atoms with van der Waals surface area (Å²) in [6.45, 7) is 0. The zero-order valence-corrected chi connectivity index (χ0v) is 9.18. The Morgan fingerprint density at radius 2 is 2.06 bits per heavy atom. The van der Waals surface area contributed by atoms with Gasteiger partial charge in [-0.25, -0.2) is 15.0 Å². The highest BCUT2D eigenvalue weighted by Gasteiger charge is 1.99. The molecule has 0 aliphatic heterocycles. The van der Waals surface area contributed by atoms with Crippen LogP contribution >= 0.6 is 0 Å². The van der Waals surface area contributed by atoms with Crippen LogP contribution < -0.4 is 10.6 Å². The van der Waals surface area contributed by atoms with E-state index in [1.165, 1.54) is 12.4 Å². The molecule has 17 heavy (non-hydrogen) atoms. The molecule has 2 aromatic rings. The van der Waals surface area contributed by atoms with Crippen LogP contribution in [0.2, 0.25) is 0 Å². The monoisotopic (exact) mass is 226 g/mol. The number of rotatable bonds is 3. The summed E-state index contributed by atoms with van der Waals surface area (Å²) in [5.74, 6) is 1.21. The van der Waals surface area contributed by atoms with Gasteiger partial charge in [0.05, 0.1) is 12.4 Å². The normalized spacial score (nSPS) is 9.41. The highest BCUT2D eigenvalue weighted by Crippen LogP contribution is 2.14. The molecule has 6 heteroatoms. The van der Waals surface area contributed by atoms with Gasteiger partial charge in [-0.2, -0.15) is 5.26 Å². The third-order valence-corrected chi connectivity index (χ3v) is 2.07. The number of nitrogens with zero attached hydrogens (tertiary/aromatic N) is 4. The molecule has 0 aromatic carbocycles. The number of hydrogen-bond donors (Lipinski definition) is 2. The van der Waals surface area contributed by atoms with E-state index < -0.39 is 0 Å². The van der Waals surface area contributed by atoms with Crippen molar-refractivity contribution in [3.8, 4) is 6.07 Å². The fraction of sp³-hybridized carbons (Fsp3) is 0.0909. The molecule has 0 radical (unpaired) electrons. The van der Waals surface area contributed by atoms with E-state index in [1.807, 2.05) is 25.2 Å². The molecule has 2 heterocycles. The van der Waals surface area contributed by atoms with Crippen LogP contribution in [0.4, 0.5) is 17.3 Å². The quantitative estimate of drug-likeness (QED) is 0.825. The topological polar surface area (TPSA) is 86.5 Å². The summed E-state index contributed by atoms with van der Waals surface area (Å²) < 4.78 is 0. The summed E-state index contributed by atoms with van der Waals surface area (Å²) >= 11 is 0. The van der Waals surface area contributed by atoms with Crippen molar-refractivity contribution in [1.82, 2.24) is 15.0 Å². The highest BCUT2D eigenvalue weighted by atomic mass is 15.1. The number of nitrogens with one attached hydrogen (secondary N) is 2. The molecule has 2 rings (SSSR count). The fourth-order valence-corrected chi connectivity index (χ4v) is 1.24. The van der Waals surface area contributed by atoms with Gasteiger partial charge in [-0.1, -0.05) is 0 Å². The van der Waals surface area contributed by atoms with Crippen LogP contribution in [0, 0.1) is 11.3 Å². The molecule has 0 aliphatic rings. The van der Waals surface area contributed by atoms with Gasteiger partial charge in [0.25, 0.3) is 0 Å². The van der Waals surface area contributed by atoms with E-state index in [4.69, 9.17) is 5.26 Å². The second kappa shape index (κ2) is 4.90. The molecule has 0 spiro atoms. The Morgan fingerprint density at radius 1 is 1.18 bits per heavy atom. The van der Waals surface area contributed by atoms with Crippen LogP contribution in [0.15, 0.2) is 30.7 Å². The number of anilines is 3. The Bertz CT molecular complexity index is 543. The Morgan fingerprint density at radius 3 is 2.71 bits per heavy atom. The summed E-state index contributed by atoms with van der Waals surface area (Å²) in [5.41, 5.74) is 1.23. The Labute approximate surface area is 98.4 Å². The van der Waals surface area contributed by atoms with Gasteiger partial charge in [0.2, 0.25) is 0 Å². The fourth-order valence-electron chi connectivity index (χ4n) is 1.24. The van der Waals surface area contributed by atoms with Crippen LogP contribution in [-0.4, -0.2) is 22.0 Å². The molecule has 6 nitrogen and oxygen atoms in total. The lowest BCUT2D eigenvalue weighted by Gasteiger charge is -2.05. The Hall–Kier alpha value is -2.68. The SMILES string of the molecule is CNc1ccnc(Nc2cnc(C#N)cn2)c1. The summed E-state index contributed by atoms with van der Waals surface area (Å²) in [4.78, 5) is 12.1. The first-order valence-corrected chi connectivity index (χ1v) is 4.95. The van der Waals surface area contributed by atoms with Crippen LogP contribution in [0.1, 0.15) is 5.69 Å². The summed E-state index contributed by atoms with van der Waals surface area (Å²) in [7, 11) is 1.83. The standard InChI is InChI=1S/C11H10N6/c1-13-8-2-3-14-10(4-8)17-11-7-15-9(5-12)6-16-11/h2-4,6-7H,1H3,(H2,13,14,16,17). The minimum Gasteiger partial charge on any atom is -0.388 e. The molecule has 0 bridgehead atoms. The average Bonchev–Trinajstić information content (AvgIpc) is 2.40. The van der Waals surface area contributed by atoms with E-state index in [1.54, 1.807) is 6.20 Å². The van der Waals surface area contributed by atoms with Crippen LogP contribution in [0.3, 0.4) is 0 Å².